The standard InChI is InChI=1S/C11H20N2O/c1-11(2)5-7-13(8-6-11)10(14)12-9-3-4-9/h9H,3-8H2,1-2H3,(H,12,14). The maximum atomic E-state index is 11.7. The molecule has 0 spiro atoms. The van der Waals surface area contributed by atoms with Crippen molar-refractivity contribution in [1.82, 2.24) is 10.2 Å². The summed E-state index contributed by atoms with van der Waals surface area (Å²) in [7, 11) is 0. The van der Waals surface area contributed by atoms with Crippen LogP contribution in [0.1, 0.15) is 39.5 Å². The van der Waals surface area contributed by atoms with E-state index in [0.29, 0.717) is 11.5 Å². The summed E-state index contributed by atoms with van der Waals surface area (Å²) < 4.78 is 0. The van der Waals surface area contributed by atoms with Gasteiger partial charge in [0.05, 0.1) is 0 Å². The van der Waals surface area contributed by atoms with Crippen LogP contribution < -0.4 is 5.32 Å². The van der Waals surface area contributed by atoms with Gasteiger partial charge in [-0.25, -0.2) is 4.79 Å². The van der Waals surface area contributed by atoms with Crippen molar-refractivity contribution in [2.75, 3.05) is 13.1 Å². The first kappa shape index (κ1) is 9.81. The van der Waals surface area contributed by atoms with Crippen LogP contribution in [0.2, 0.25) is 0 Å². The van der Waals surface area contributed by atoms with Gasteiger partial charge in [0.1, 0.15) is 0 Å². The third-order valence-electron chi connectivity index (χ3n) is 3.31. The molecule has 0 aromatic heterocycles. The number of rotatable bonds is 1. The number of likely N-dealkylation sites (tertiary alicyclic amines) is 1. The fourth-order valence-corrected chi connectivity index (χ4v) is 1.81. The highest BCUT2D eigenvalue weighted by Gasteiger charge is 2.30. The van der Waals surface area contributed by atoms with E-state index in [9.17, 15) is 4.79 Å². The molecule has 1 heterocycles. The van der Waals surface area contributed by atoms with Gasteiger partial charge in [0, 0.05) is 19.1 Å². The Balaban J connectivity index is 1.79. The van der Waals surface area contributed by atoms with Crippen LogP contribution >= 0.6 is 0 Å². The highest BCUT2D eigenvalue weighted by Crippen LogP contribution is 2.30. The number of carbonyl (C=O) groups is 1. The molecule has 3 nitrogen and oxygen atoms in total. The molecule has 2 amide bonds. The molecule has 2 fully saturated rings. The number of hydrogen-bond donors (Lipinski definition) is 1. The van der Waals surface area contributed by atoms with Crippen LogP contribution in [0.25, 0.3) is 0 Å². The predicted octanol–water partition coefficient (Wildman–Crippen LogP) is 1.98. The lowest BCUT2D eigenvalue weighted by Crippen LogP contribution is -2.46. The molecule has 0 atom stereocenters. The quantitative estimate of drug-likeness (QED) is 0.683. The Morgan fingerprint density at radius 3 is 2.36 bits per heavy atom. The van der Waals surface area contributed by atoms with Crippen molar-refractivity contribution < 1.29 is 4.79 Å². The normalized spacial score (nSPS) is 26.0. The fourth-order valence-electron chi connectivity index (χ4n) is 1.81. The molecule has 1 saturated carbocycles. The molecular formula is C11H20N2O. The third kappa shape index (κ3) is 2.40. The largest absolute Gasteiger partial charge is 0.335 e. The van der Waals surface area contributed by atoms with E-state index in [1.54, 1.807) is 0 Å². The van der Waals surface area contributed by atoms with E-state index in [0.717, 1.165) is 25.9 Å². The van der Waals surface area contributed by atoms with E-state index in [-0.39, 0.29) is 6.03 Å². The van der Waals surface area contributed by atoms with Crippen LogP contribution in [0.3, 0.4) is 0 Å². The van der Waals surface area contributed by atoms with Crippen molar-refractivity contribution in [2.24, 2.45) is 5.41 Å². The van der Waals surface area contributed by atoms with E-state index in [2.05, 4.69) is 19.2 Å². The second-order valence-electron chi connectivity index (χ2n) is 5.38. The summed E-state index contributed by atoms with van der Waals surface area (Å²) in [5.74, 6) is 0. The van der Waals surface area contributed by atoms with Crippen LogP contribution in [0.5, 0.6) is 0 Å². The topological polar surface area (TPSA) is 32.3 Å². The Hall–Kier alpha value is -0.730. The number of nitrogens with one attached hydrogen (secondary N) is 1. The van der Waals surface area contributed by atoms with Gasteiger partial charge in [0.2, 0.25) is 0 Å². The van der Waals surface area contributed by atoms with Crippen LogP contribution in [0.15, 0.2) is 0 Å². The van der Waals surface area contributed by atoms with Gasteiger partial charge >= 0.3 is 6.03 Å². The van der Waals surface area contributed by atoms with Gasteiger partial charge in [-0.2, -0.15) is 0 Å². The lowest BCUT2D eigenvalue weighted by molar-refractivity contribution is 0.140. The Bertz CT molecular complexity index is 223. The van der Waals surface area contributed by atoms with Gasteiger partial charge in [-0.15, -0.1) is 0 Å². The highest BCUT2D eigenvalue weighted by atomic mass is 16.2. The van der Waals surface area contributed by atoms with Crippen LogP contribution in [-0.4, -0.2) is 30.1 Å². The molecular weight excluding hydrogens is 176 g/mol. The van der Waals surface area contributed by atoms with Gasteiger partial charge in [-0.3, -0.25) is 0 Å². The zero-order valence-electron chi connectivity index (χ0n) is 9.18. The molecule has 3 heteroatoms. The van der Waals surface area contributed by atoms with Crippen LogP contribution in [0, 0.1) is 5.41 Å². The van der Waals surface area contributed by atoms with E-state index in [1.807, 2.05) is 4.90 Å². The smallest absolute Gasteiger partial charge is 0.317 e. The zero-order valence-corrected chi connectivity index (χ0v) is 9.18. The summed E-state index contributed by atoms with van der Waals surface area (Å²) in [6, 6.07) is 0.639. The summed E-state index contributed by atoms with van der Waals surface area (Å²) in [6.07, 6.45) is 4.60. The van der Waals surface area contributed by atoms with Gasteiger partial charge in [-0.1, -0.05) is 13.8 Å². The number of carbonyl (C=O) groups excluding carboxylic acids is 1. The third-order valence-corrected chi connectivity index (χ3v) is 3.31. The number of urea groups is 1. The van der Waals surface area contributed by atoms with Crippen LogP contribution in [0.4, 0.5) is 4.79 Å². The monoisotopic (exact) mass is 196 g/mol. The Labute approximate surface area is 85.8 Å². The number of piperidine rings is 1. The van der Waals surface area contributed by atoms with E-state index in [1.165, 1.54) is 12.8 Å². The molecule has 0 aromatic carbocycles. The Kier molecular flexibility index (Phi) is 2.41. The summed E-state index contributed by atoms with van der Waals surface area (Å²) >= 11 is 0. The molecule has 1 aliphatic carbocycles. The molecule has 0 aromatic rings. The second kappa shape index (κ2) is 3.44. The number of hydrogen-bond acceptors (Lipinski definition) is 1. The second-order valence-corrected chi connectivity index (χ2v) is 5.38. The first-order valence-corrected chi connectivity index (χ1v) is 5.62. The average Bonchev–Trinajstić information content (AvgIpc) is 2.88. The lowest BCUT2D eigenvalue weighted by Gasteiger charge is -2.36. The molecule has 2 aliphatic rings. The molecule has 1 aliphatic heterocycles. The van der Waals surface area contributed by atoms with Gasteiger partial charge in [0.25, 0.3) is 0 Å². The van der Waals surface area contributed by atoms with Crippen molar-refractivity contribution in [3.63, 3.8) is 0 Å². The summed E-state index contributed by atoms with van der Waals surface area (Å²) in [5, 5.41) is 3.04. The minimum atomic E-state index is 0.156. The molecule has 0 unspecified atom stereocenters. The van der Waals surface area contributed by atoms with Gasteiger partial charge in [0.15, 0.2) is 0 Å². The molecule has 1 N–H and O–H groups in total. The Morgan fingerprint density at radius 1 is 1.29 bits per heavy atom. The molecule has 80 valence electrons. The summed E-state index contributed by atoms with van der Waals surface area (Å²) in [5.41, 5.74) is 0.427. The zero-order chi connectivity index (χ0) is 10.2. The van der Waals surface area contributed by atoms with Gasteiger partial charge in [-0.05, 0) is 31.1 Å². The SMILES string of the molecule is CC1(C)CCN(C(=O)NC2CC2)CC1. The first-order chi connectivity index (χ1) is 6.57. The maximum Gasteiger partial charge on any atom is 0.317 e. The average molecular weight is 196 g/mol. The summed E-state index contributed by atoms with van der Waals surface area (Å²) in [4.78, 5) is 13.6. The van der Waals surface area contributed by atoms with E-state index in [4.69, 9.17) is 0 Å². The highest BCUT2D eigenvalue weighted by molar-refractivity contribution is 5.74. The van der Waals surface area contributed by atoms with Crippen molar-refractivity contribution in [3.05, 3.63) is 0 Å². The van der Waals surface area contributed by atoms with Crippen molar-refractivity contribution in [2.45, 2.75) is 45.6 Å². The molecule has 0 radical (unpaired) electrons. The van der Waals surface area contributed by atoms with Gasteiger partial charge < -0.3 is 10.2 Å². The van der Waals surface area contributed by atoms with E-state index >= 15 is 0 Å². The minimum absolute atomic E-state index is 0.156. The minimum Gasteiger partial charge on any atom is -0.335 e. The molecule has 0 bridgehead atoms. The molecule has 14 heavy (non-hydrogen) atoms. The maximum absolute atomic E-state index is 11.7. The van der Waals surface area contributed by atoms with Crippen molar-refractivity contribution in [1.29, 1.82) is 0 Å². The lowest BCUT2D eigenvalue weighted by atomic mass is 9.83. The number of amides is 2. The first-order valence-electron chi connectivity index (χ1n) is 5.62. The van der Waals surface area contributed by atoms with Crippen LogP contribution in [-0.2, 0) is 0 Å². The Morgan fingerprint density at radius 2 is 1.86 bits per heavy atom. The number of nitrogens with zero attached hydrogens (tertiary/aromatic N) is 1. The fraction of sp³-hybridized carbons (Fsp3) is 0.909. The van der Waals surface area contributed by atoms with Crippen molar-refractivity contribution in [3.8, 4) is 0 Å². The predicted molar refractivity (Wildman–Crippen MR) is 56.1 cm³/mol. The van der Waals surface area contributed by atoms with Crippen molar-refractivity contribution >= 4 is 6.03 Å². The molecule has 2 rings (SSSR count). The summed E-state index contributed by atoms with van der Waals surface area (Å²) in [6.45, 7) is 6.41. The van der Waals surface area contributed by atoms with E-state index < -0.39 is 0 Å². The molecule has 1 saturated heterocycles.